The van der Waals surface area contributed by atoms with E-state index < -0.39 is 0 Å². The molecule has 0 saturated carbocycles. The number of amides is 1. The third kappa shape index (κ3) is 1.11. The van der Waals surface area contributed by atoms with Gasteiger partial charge in [0.05, 0.1) is 6.42 Å². The number of halogens is 1. The van der Waals surface area contributed by atoms with E-state index in [1.54, 1.807) is 6.20 Å². The minimum atomic E-state index is 0.0385. The minimum Gasteiger partial charge on any atom is -0.310 e. The van der Waals surface area contributed by atoms with Crippen LogP contribution in [-0.2, 0) is 11.2 Å². The van der Waals surface area contributed by atoms with Crippen LogP contribution in [0.5, 0.6) is 0 Å². The maximum atomic E-state index is 10.9. The molecule has 0 spiro atoms. The Morgan fingerprint density at radius 1 is 1.64 bits per heavy atom. The van der Waals surface area contributed by atoms with Crippen molar-refractivity contribution in [1.82, 2.24) is 4.98 Å². The largest absolute Gasteiger partial charge is 0.310 e. The van der Waals surface area contributed by atoms with Crippen molar-refractivity contribution in [3.05, 3.63) is 21.4 Å². The molecule has 0 atom stereocenters. The van der Waals surface area contributed by atoms with Gasteiger partial charge in [0.2, 0.25) is 5.91 Å². The fraction of sp³-hybridized carbons (Fsp3) is 0.143. The topological polar surface area (TPSA) is 42.0 Å². The Morgan fingerprint density at radius 3 is 3.18 bits per heavy atom. The molecule has 2 rings (SSSR count). The lowest BCUT2D eigenvalue weighted by Crippen LogP contribution is -2.04. The average Bonchev–Trinajstić information content (AvgIpc) is 2.31. The van der Waals surface area contributed by atoms with E-state index in [0.717, 1.165) is 15.0 Å². The summed E-state index contributed by atoms with van der Waals surface area (Å²) in [6.45, 7) is 0. The summed E-state index contributed by atoms with van der Waals surface area (Å²) in [4.78, 5) is 14.9. The lowest BCUT2D eigenvalue weighted by atomic mass is 10.2. The lowest BCUT2D eigenvalue weighted by Gasteiger charge is -1.96. The maximum Gasteiger partial charge on any atom is 0.230 e. The molecule has 0 unspecified atom stereocenters. The second-order valence-electron chi connectivity index (χ2n) is 2.34. The average molecular weight is 260 g/mol. The summed E-state index contributed by atoms with van der Waals surface area (Å²) < 4.78 is 1.10. The SMILES string of the molecule is O=C1Cc2c(I)ccnc2N1. The summed E-state index contributed by atoms with van der Waals surface area (Å²) in [7, 11) is 0. The maximum absolute atomic E-state index is 10.9. The Balaban J connectivity index is 2.57. The van der Waals surface area contributed by atoms with Gasteiger partial charge in [-0.05, 0) is 28.7 Å². The summed E-state index contributed by atoms with van der Waals surface area (Å²) in [6, 6.07) is 1.90. The van der Waals surface area contributed by atoms with E-state index in [-0.39, 0.29) is 5.91 Å². The van der Waals surface area contributed by atoms with E-state index >= 15 is 0 Å². The van der Waals surface area contributed by atoms with Gasteiger partial charge < -0.3 is 5.32 Å². The molecule has 0 aliphatic carbocycles. The third-order valence-electron chi connectivity index (χ3n) is 1.59. The number of hydrogen-bond donors (Lipinski definition) is 1. The standard InChI is InChI=1S/C7H5IN2O/c8-5-1-2-9-7-4(5)3-6(11)10-7/h1-2H,3H2,(H,9,10,11). The highest BCUT2D eigenvalue weighted by Gasteiger charge is 2.20. The van der Waals surface area contributed by atoms with Crippen LogP contribution in [0.15, 0.2) is 12.3 Å². The number of anilines is 1. The number of aromatic nitrogens is 1. The van der Waals surface area contributed by atoms with Gasteiger partial charge >= 0.3 is 0 Å². The highest BCUT2D eigenvalue weighted by atomic mass is 127. The van der Waals surface area contributed by atoms with Gasteiger partial charge in [0.1, 0.15) is 5.82 Å². The molecule has 0 saturated heterocycles. The molecule has 11 heavy (non-hydrogen) atoms. The number of nitrogens with zero attached hydrogens (tertiary/aromatic N) is 1. The number of pyridine rings is 1. The molecule has 1 aromatic heterocycles. The molecule has 1 amide bonds. The van der Waals surface area contributed by atoms with Crippen molar-refractivity contribution in [2.45, 2.75) is 6.42 Å². The third-order valence-corrected chi connectivity index (χ3v) is 2.60. The first kappa shape index (κ1) is 7.02. The lowest BCUT2D eigenvalue weighted by molar-refractivity contribution is -0.115. The Labute approximate surface area is 77.3 Å². The molecule has 2 heterocycles. The highest BCUT2D eigenvalue weighted by molar-refractivity contribution is 14.1. The zero-order chi connectivity index (χ0) is 7.84. The normalized spacial score (nSPS) is 14.5. The first-order valence-corrected chi connectivity index (χ1v) is 4.28. The van der Waals surface area contributed by atoms with Crippen molar-refractivity contribution in [3.8, 4) is 0 Å². The van der Waals surface area contributed by atoms with E-state index in [9.17, 15) is 4.79 Å². The molecule has 1 aliphatic rings. The second kappa shape index (κ2) is 2.44. The molecule has 4 heteroatoms. The molecule has 1 aliphatic heterocycles. The monoisotopic (exact) mass is 260 g/mol. The van der Waals surface area contributed by atoms with E-state index in [4.69, 9.17) is 0 Å². The highest BCUT2D eigenvalue weighted by Crippen LogP contribution is 2.24. The molecular formula is C7H5IN2O. The Kier molecular flexibility index (Phi) is 1.56. The van der Waals surface area contributed by atoms with E-state index in [1.807, 2.05) is 6.07 Å². The van der Waals surface area contributed by atoms with Crippen LogP contribution in [0.25, 0.3) is 0 Å². The number of carbonyl (C=O) groups excluding carboxylic acids is 1. The van der Waals surface area contributed by atoms with Gasteiger partial charge in [-0.25, -0.2) is 4.98 Å². The Bertz CT molecular complexity index is 324. The van der Waals surface area contributed by atoms with Crippen LogP contribution in [0, 0.1) is 3.57 Å². The van der Waals surface area contributed by atoms with Gasteiger partial charge in [-0.3, -0.25) is 4.79 Å². The molecule has 3 nitrogen and oxygen atoms in total. The predicted octanol–water partition coefficient (Wildman–Crippen LogP) is 1.18. The van der Waals surface area contributed by atoms with Crippen LogP contribution in [-0.4, -0.2) is 10.9 Å². The number of nitrogens with one attached hydrogen (secondary N) is 1. The first-order valence-electron chi connectivity index (χ1n) is 3.20. The van der Waals surface area contributed by atoms with Crippen LogP contribution < -0.4 is 5.32 Å². The van der Waals surface area contributed by atoms with Crippen LogP contribution in [0.2, 0.25) is 0 Å². The quantitative estimate of drug-likeness (QED) is 0.712. The van der Waals surface area contributed by atoms with Crippen molar-refractivity contribution in [2.24, 2.45) is 0 Å². The molecule has 1 aromatic rings. The van der Waals surface area contributed by atoms with Gasteiger partial charge in [0, 0.05) is 15.3 Å². The zero-order valence-electron chi connectivity index (χ0n) is 5.60. The Hall–Kier alpha value is -0.650. The summed E-state index contributed by atoms with van der Waals surface area (Å²) in [5.41, 5.74) is 1.03. The minimum absolute atomic E-state index is 0.0385. The predicted molar refractivity (Wildman–Crippen MR) is 49.3 cm³/mol. The first-order chi connectivity index (χ1) is 5.27. The Morgan fingerprint density at radius 2 is 2.45 bits per heavy atom. The fourth-order valence-corrected chi connectivity index (χ4v) is 1.69. The van der Waals surface area contributed by atoms with Gasteiger partial charge in [0.25, 0.3) is 0 Å². The number of rotatable bonds is 0. The van der Waals surface area contributed by atoms with E-state index in [1.165, 1.54) is 0 Å². The van der Waals surface area contributed by atoms with Crippen LogP contribution >= 0.6 is 22.6 Å². The fourth-order valence-electron chi connectivity index (χ4n) is 1.08. The summed E-state index contributed by atoms with van der Waals surface area (Å²) in [5, 5.41) is 2.68. The molecule has 56 valence electrons. The van der Waals surface area contributed by atoms with Crippen LogP contribution in [0.1, 0.15) is 5.56 Å². The van der Waals surface area contributed by atoms with Gasteiger partial charge in [-0.2, -0.15) is 0 Å². The second-order valence-corrected chi connectivity index (χ2v) is 3.51. The molecule has 0 bridgehead atoms. The number of fused-ring (bicyclic) bond motifs is 1. The zero-order valence-corrected chi connectivity index (χ0v) is 7.75. The summed E-state index contributed by atoms with van der Waals surface area (Å²) in [5.74, 6) is 0.763. The molecule has 1 N–H and O–H groups in total. The van der Waals surface area contributed by atoms with E-state index in [2.05, 4.69) is 32.9 Å². The van der Waals surface area contributed by atoms with Gasteiger partial charge in [-0.1, -0.05) is 0 Å². The van der Waals surface area contributed by atoms with Crippen molar-refractivity contribution < 1.29 is 4.79 Å². The van der Waals surface area contributed by atoms with E-state index in [0.29, 0.717) is 6.42 Å². The smallest absolute Gasteiger partial charge is 0.230 e. The van der Waals surface area contributed by atoms with Crippen molar-refractivity contribution in [3.63, 3.8) is 0 Å². The summed E-state index contributed by atoms with van der Waals surface area (Å²) in [6.07, 6.45) is 2.17. The molecular weight excluding hydrogens is 255 g/mol. The van der Waals surface area contributed by atoms with Crippen molar-refractivity contribution in [1.29, 1.82) is 0 Å². The van der Waals surface area contributed by atoms with Crippen molar-refractivity contribution in [2.75, 3.05) is 5.32 Å². The van der Waals surface area contributed by atoms with Gasteiger partial charge in [0.15, 0.2) is 0 Å². The summed E-state index contributed by atoms with van der Waals surface area (Å²) >= 11 is 2.20. The molecule has 0 aromatic carbocycles. The number of hydrogen-bond acceptors (Lipinski definition) is 2. The van der Waals surface area contributed by atoms with Crippen LogP contribution in [0.3, 0.4) is 0 Å². The van der Waals surface area contributed by atoms with Crippen molar-refractivity contribution >= 4 is 34.3 Å². The van der Waals surface area contributed by atoms with Gasteiger partial charge in [-0.15, -0.1) is 0 Å². The molecule has 0 fully saturated rings. The van der Waals surface area contributed by atoms with Crippen LogP contribution in [0.4, 0.5) is 5.82 Å². The molecule has 0 radical (unpaired) electrons. The number of carbonyl (C=O) groups is 1.